The number of aliphatic hydroxyl groups is 1. The second kappa shape index (κ2) is 3.88. The van der Waals surface area contributed by atoms with Crippen molar-refractivity contribution in [3.8, 4) is 11.5 Å². The second-order valence-electron chi connectivity index (χ2n) is 3.33. The molecule has 14 heavy (non-hydrogen) atoms. The van der Waals surface area contributed by atoms with Gasteiger partial charge in [-0.15, -0.1) is 0 Å². The van der Waals surface area contributed by atoms with E-state index in [0.29, 0.717) is 24.3 Å². The van der Waals surface area contributed by atoms with Crippen LogP contribution in [0.25, 0.3) is 0 Å². The minimum Gasteiger partial charge on any atom is -0.454 e. The molecule has 0 spiro atoms. The van der Waals surface area contributed by atoms with Crippen molar-refractivity contribution >= 4 is 0 Å². The molecule has 0 radical (unpaired) electrons. The first-order chi connectivity index (χ1) is 7.50. The molecule has 1 N–H and O–H groups in total. The summed E-state index contributed by atoms with van der Waals surface area (Å²) in [5.74, 6) is 0.797. The summed E-state index contributed by atoms with van der Waals surface area (Å²) in [5.41, 5.74) is 0.911. The molecule has 1 aliphatic rings. The van der Waals surface area contributed by atoms with Gasteiger partial charge in [0.1, 0.15) is 2.74 Å². The van der Waals surface area contributed by atoms with Gasteiger partial charge in [0.05, 0.1) is 6.10 Å². The Labute approximate surface area is 86.1 Å². The monoisotopic (exact) mass is 196 g/mol. The first-order valence-corrected chi connectivity index (χ1v) is 4.69. The summed E-state index contributed by atoms with van der Waals surface area (Å²) in [6.45, 7) is -0.166. The van der Waals surface area contributed by atoms with Crippen LogP contribution in [0.15, 0.2) is 18.2 Å². The Hall–Kier alpha value is -1.22. The van der Waals surface area contributed by atoms with Crippen molar-refractivity contribution in [1.82, 2.24) is 0 Å². The van der Waals surface area contributed by atoms with Gasteiger partial charge in [-0.2, -0.15) is 0 Å². The Bertz CT molecular complexity index is 393. The van der Waals surface area contributed by atoms with Crippen LogP contribution in [-0.2, 0) is 6.42 Å². The highest BCUT2D eigenvalue weighted by Crippen LogP contribution is 2.32. The maximum Gasteiger partial charge on any atom is 0.231 e. The van der Waals surface area contributed by atoms with Gasteiger partial charge in [0.2, 0.25) is 6.75 Å². The summed E-state index contributed by atoms with van der Waals surface area (Å²) in [7, 11) is 0. The van der Waals surface area contributed by atoms with Crippen molar-refractivity contribution in [3.63, 3.8) is 0 Å². The largest absolute Gasteiger partial charge is 0.454 e. The minimum atomic E-state index is -2.08. The predicted octanol–water partition coefficient (Wildman–Crippen LogP) is 1.73. The summed E-state index contributed by atoms with van der Waals surface area (Å²) in [6.07, 6.45) is 0.850. The van der Waals surface area contributed by atoms with Crippen LogP contribution in [-0.4, -0.2) is 18.0 Å². The van der Waals surface area contributed by atoms with E-state index in [1.807, 2.05) is 13.0 Å². The highest BCUT2D eigenvalue weighted by atomic mass is 16.7. The zero-order valence-corrected chi connectivity index (χ0v) is 7.99. The lowest BCUT2D eigenvalue weighted by atomic mass is 10.1. The Morgan fingerprint density at radius 1 is 1.50 bits per heavy atom. The van der Waals surface area contributed by atoms with Crippen LogP contribution in [0.1, 0.15) is 21.6 Å². The van der Waals surface area contributed by atoms with Gasteiger partial charge in [-0.1, -0.05) is 13.0 Å². The topological polar surface area (TPSA) is 38.7 Å². The molecule has 0 aliphatic carbocycles. The van der Waals surface area contributed by atoms with E-state index in [-0.39, 0.29) is 6.10 Å². The lowest BCUT2D eigenvalue weighted by Gasteiger charge is -2.07. The lowest BCUT2D eigenvalue weighted by molar-refractivity contribution is 0.170. The van der Waals surface area contributed by atoms with Crippen molar-refractivity contribution < 1.29 is 17.3 Å². The molecule has 3 nitrogen and oxygen atoms in total. The number of ether oxygens (including phenoxy) is 2. The van der Waals surface area contributed by atoms with Crippen LogP contribution in [0.4, 0.5) is 0 Å². The third-order valence-electron chi connectivity index (χ3n) is 2.25. The molecule has 3 heteroatoms. The average Bonchev–Trinajstić information content (AvgIpc) is 2.51. The van der Waals surface area contributed by atoms with Gasteiger partial charge in [0.25, 0.3) is 0 Å². The summed E-state index contributed by atoms with van der Waals surface area (Å²) >= 11 is 0. The highest BCUT2D eigenvalue weighted by Gasteiger charge is 2.13. The van der Waals surface area contributed by atoms with E-state index in [1.165, 1.54) is 0 Å². The number of hydrogen-bond acceptors (Lipinski definition) is 3. The summed E-state index contributed by atoms with van der Waals surface area (Å²) in [6, 6.07) is 5.18. The molecule has 0 saturated carbocycles. The molecule has 1 atom stereocenters. The first-order valence-electron chi connectivity index (χ1n) is 5.69. The molecule has 1 heterocycles. The average molecular weight is 196 g/mol. The second-order valence-corrected chi connectivity index (χ2v) is 3.33. The number of fused-ring (bicyclic) bond motifs is 1. The van der Waals surface area contributed by atoms with Gasteiger partial charge in [0.15, 0.2) is 11.5 Å². The lowest BCUT2D eigenvalue weighted by Crippen LogP contribution is -2.08. The normalized spacial score (nSPS) is 21.3. The Kier molecular flexibility index (Phi) is 1.97. The predicted molar refractivity (Wildman–Crippen MR) is 52.6 cm³/mol. The fourth-order valence-electron chi connectivity index (χ4n) is 1.37. The van der Waals surface area contributed by atoms with Crippen molar-refractivity contribution in [2.75, 3.05) is 6.75 Å². The minimum absolute atomic E-state index is 0.378. The SMILES string of the molecule is [2H]C1([2H])Oc2ccc(C[C@H](O)CC)cc2O1. The maximum absolute atomic E-state index is 9.52. The smallest absolute Gasteiger partial charge is 0.231 e. The summed E-state index contributed by atoms with van der Waals surface area (Å²) in [5, 5.41) is 9.52. The number of benzene rings is 1. The number of rotatable bonds is 3. The molecule has 2 rings (SSSR count). The van der Waals surface area contributed by atoms with Gasteiger partial charge < -0.3 is 14.6 Å². The molecule has 1 aliphatic heterocycles. The van der Waals surface area contributed by atoms with Crippen molar-refractivity contribution in [2.24, 2.45) is 0 Å². The van der Waals surface area contributed by atoms with Crippen molar-refractivity contribution in [1.29, 1.82) is 0 Å². The Morgan fingerprint density at radius 3 is 3.07 bits per heavy atom. The van der Waals surface area contributed by atoms with Gasteiger partial charge in [-0.05, 0) is 30.5 Å². The number of hydrogen-bond donors (Lipinski definition) is 1. The summed E-state index contributed by atoms with van der Waals surface area (Å²) < 4.78 is 24.5. The molecule has 0 unspecified atom stereocenters. The van der Waals surface area contributed by atoms with Gasteiger partial charge in [0, 0.05) is 0 Å². The van der Waals surface area contributed by atoms with Crippen molar-refractivity contribution in [3.05, 3.63) is 23.8 Å². The third-order valence-corrected chi connectivity index (χ3v) is 2.25. The maximum atomic E-state index is 9.52. The van der Waals surface area contributed by atoms with E-state index in [4.69, 9.17) is 12.2 Å². The Morgan fingerprint density at radius 2 is 2.29 bits per heavy atom. The van der Waals surface area contributed by atoms with Gasteiger partial charge in [-0.25, -0.2) is 0 Å². The zero-order chi connectivity index (χ0) is 11.8. The van der Waals surface area contributed by atoms with Gasteiger partial charge >= 0.3 is 0 Å². The highest BCUT2D eigenvalue weighted by molar-refractivity contribution is 5.44. The molecule has 1 aromatic rings. The van der Waals surface area contributed by atoms with Crippen LogP contribution < -0.4 is 9.47 Å². The van der Waals surface area contributed by atoms with Crippen LogP contribution in [0.2, 0.25) is 0 Å². The summed E-state index contributed by atoms with van der Waals surface area (Å²) in [4.78, 5) is 0. The molecular weight excluding hydrogens is 180 g/mol. The van der Waals surface area contributed by atoms with Gasteiger partial charge in [-0.3, -0.25) is 0 Å². The van der Waals surface area contributed by atoms with Crippen LogP contribution in [0.3, 0.4) is 0 Å². The third kappa shape index (κ3) is 1.82. The molecule has 0 bridgehead atoms. The van der Waals surface area contributed by atoms with E-state index < -0.39 is 6.75 Å². The van der Waals surface area contributed by atoms with Crippen LogP contribution in [0.5, 0.6) is 11.5 Å². The first kappa shape index (κ1) is 7.12. The van der Waals surface area contributed by atoms with Crippen LogP contribution >= 0.6 is 0 Å². The van der Waals surface area contributed by atoms with E-state index in [0.717, 1.165) is 5.56 Å². The molecule has 0 saturated heterocycles. The van der Waals surface area contributed by atoms with E-state index in [9.17, 15) is 5.11 Å². The fourth-order valence-corrected chi connectivity index (χ4v) is 1.37. The molecule has 0 fully saturated rings. The fraction of sp³-hybridized carbons (Fsp3) is 0.455. The van der Waals surface area contributed by atoms with Crippen molar-refractivity contribution in [2.45, 2.75) is 25.9 Å². The Balaban J connectivity index is 2.16. The standard InChI is InChI=1S/C11H14O3/c1-2-9(12)5-8-3-4-10-11(6-8)14-7-13-10/h3-4,6,9,12H,2,5,7H2,1H3/t9-/m1/s1/i7D2. The number of aliphatic hydroxyl groups excluding tert-OH is 1. The van der Waals surface area contributed by atoms with Crippen LogP contribution in [0, 0.1) is 0 Å². The van der Waals surface area contributed by atoms with E-state index >= 15 is 0 Å². The molecule has 76 valence electrons. The molecular formula is C11H14O3. The molecule has 0 aromatic heterocycles. The quantitative estimate of drug-likeness (QED) is 0.800. The van der Waals surface area contributed by atoms with E-state index in [1.54, 1.807) is 12.1 Å². The zero-order valence-electron chi connectivity index (χ0n) is 9.99. The molecule has 1 aromatic carbocycles. The van der Waals surface area contributed by atoms with E-state index in [2.05, 4.69) is 0 Å². The molecule has 0 amide bonds.